The van der Waals surface area contributed by atoms with E-state index in [9.17, 15) is 5.11 Å². The van der Waals surface area contributed by atoms with Gasteiger partial charge in [-0.05, 0) is 63.8 Å². The fraction of sp³-hybridized carbons (Fsp3) is 0.545. The zero-order valence-corrected chi connectivity index (χ0v) is 18.9. The summed E-state index contributed by atoms with van der Waals surface area (Å²) >= 11 is 0. The molecule has 0 saturated heterocycles. The number of aryl methyl sites for hydroxylation is 2. The zero-order valence-electron chi connectivity index (χ0n) is 18.9. The largest absolute Gasteiger partial charge is 0.460 e. The number of hydrogen-bond acceptors (Lipinski definition) is 8. The van der Waals surface area contributed by atoms with E-state index in [1.807, 2.05) is 18.2 Å². The Bertz CT molecular complexity index is 842. The van der Waals surface area contributed by atoms with Crippen LogP contribution in [0, 0.1) is 13.8 Å². The third-order valence-electron chi connectivity index (χ3n) is 4.33. The first-order valence-electron chi connectivity index (χ1n) is 10.4. The molecular weight excluding hydrogens is 380 g/mol. The van der Waals surface area contributed by atoms with Gasteiger partial charge in [0.25, 0.3) is 0 Å². The van der Waals surface area contributed by atoms with Crippen LogP contribution >= 0.6 is 0 Å². The average Bonchev–Trinajstić information content (AvgIpc) is 2.68. The fourth-order valence-corrected chi connectivity index (χ4v) is 2.69. The minimum atomic E-state index is -0.988. The number of nitrogens with zero attached hydrogens (tertiary/aromatic N) is 5. The van der Waals surface area contributed by atoms with Crippen LogP contribution in [0.25, 0.3) is 0 Å². The van der Waals surface area contributed by atoms with E-state index in [0.29, 0.717) is 11.8 Å². The molecule has 0 amide bonds. The highest BCUT2D eigenvalue weighted by molar-refractivity contribution is 5.75. The molecule has 0 unspecified atom stereocenters. The Kier molecular flexibility index (Phi) is 8.53. The van der Waals surface area contributed by atoms with Gasteiger partial charge in [-0.25, -0.2) is 0 Å². The normalized spacial score (nSPS) is 11.7. The summed E-state index contributed by atoms with van der Waals surface area (Å²) in [6.45, 7) is 13.5. The lowest BCUT2D eigenvalue weighted by molar-refractivity contribution is 0.0249. The summed E-state index contributed by atoms with van der Waals surface area (Å²) in [6, 6.07) is 6.23. The van der Waals surface area contributed by atoms with Crippen LogP contribution in [0.1, 0.15) is 57.5 Å². The van der Waals surface area contributed by atoms with E-state index >= 15 is 0 Å². The highest BCUT2D eigenvalue weighted by Gasteiger charge is 2.17. The van der Waals surface area contributed by atoms with Gasteiger partial charge in [0, 0.05) is 13.1 Å². The molecule has 0 radical (unpaired) electrons. The van der Waals surface area contributed by atoms with E-state index < -0.39 is 5.60 Å². The molecule has 0 saturated carbocycles. The summed E-state index contributed by atoms with van der Waals surface area (Å²) in [5, 5.41) is 14.2. The van der Waals surface area contributed by atoms with Crippen molar-refractivity contribution in [1.29, 1.82) is 0 Å². The molecule has 164 valence electrons. The number of anilines is 2. The highest BCUT2D eigenvalue weighted by Crippen LogP contribution is 2.16. The molecule has 0 aliphatic heterocycles. The van der Waals surface area contributed by atoms with Gasteiger partial charge in [0.05, 0.1) is 17.5 Å². The topological polar surface area (TPSA) is 95.8 Å². The SMILES string of the molecule is CCCN(CCC)c1nc(/C=N/Nc2ccc(C)c(C)c2)nc(OCC(C)(C)O)n1. The quantitative estimate of drug-likeness (QED) is 0.427. The second-order valence-electron chi connectivity index (χ2n) is 8.03. The van der Waals surface area contributed by atoms with Gasteiger partial charge in [0.2, 0.25) is 5.95 Å². The molecule has 1 aromatic carbocycles. The molecule has 0 aliphatic carbocycles. The van der Waals surface area contributed by atoms with Crippen LogP contribution in [-0.2, 0) is 0 Å². The number of aliphatic hydroxyl groups is 1. The van der Waals surface area contributed by atoms with Crippen molar-refractivity contribution in [3.8, 4) is 6.01 Å². The van der Waals surface area contributed by atoms with E-state index in [0.717, 1.165) is 31.6 Å². The lowest BCUT2D eigenvalue weighted by Gasteiger charge is -2.22. The van der Waals surface area contributed by atoms with Gasteiger partial charge < -0.3 is 14.7 Å². The maximum Gasteiger partial charge on any atom is 0.321 e. The number of hydrogen-bond donors (Lipinski definition) is 2. The lowest BCUT2D eigenvalue weighted by Crippen LogP contribution is -2.30. The Morgan fingerprint density at radius 3 is 2.40 bits per heavy atom. The lowest BCUT2D eigenvalue weighted by atomic mass is 10.1. The van der Waals surface area contributed by atoms with E-state index in [1.54, 1.807) is 20.1 Å². The zero-order chi connectivity index (χ0) is 22.1. The Hall–Kier alpha value is -2.74. The van der Waals surface area contributed by atoms with Crippen molar-refractivity contribution in [2.75, 3.05) is 30.0 Å². The molecule has 2 rings (SSSR count). The fourth-order valence-electron chi connectivity index (χ4n) is 2.69. The Morgan fingerprint density at radius 1 is 1.10 bits per heavy atom. The van der Waals surface area contributed by atoms with Crippen LogP contribution in [-0.4, -0.2) is 51.6 Å². The molecule has 8 heteroatoms. The molecule has 0 aliphatic rings. The second-order valence-corrected chi connectivity index (χ2v) is 8.03. The van der Waals surface area contributed by atoms with Gasteiger partial charge in [-0.3, -0.25) is 5.43 Å². The van der Waals surface area contributed by atoms with Crippen molar-refractivity contribution >= 4 is 17.9 Å². The molecular formula is C22H34N6O2. The van der Waals surface area contributed by atoms with Gasteiger partial charge in [-0.15, -0.1) is 0 Å². The first-order chi connectivity index (χ1) is 14.2. The van der Waals surface area contributed by atoms with Gasteiger partial charge in [0.1, 0.15) is 6.61 Å². The van der Waals surface area contributed by atoms with Crippen LogP contribution < -0.4 is 15.1 Å². The van der Waals surface area contributed by atoms with Crippen LogP contribution in [0.2, 0.25) is 0 Å². The molecule has 1 heterocycles. The van der Waals surface area contributed by atoms with Crippen molar-refractivity contribution < 1.29 is 9.84 Å². The van der Waals surface area contributed by atoms with Crippen molar-refractivity contribution in [1.82, 2.24) is 15.0 Å². The number of benzene rings is 1. The average molecular weight is 415 g/mol. The first-order valence-corrected chi connectivity index (χ1v) is 10.4. The molecule has 0 bridgehead atoms. The van der Waals surface area contributed by atoms with Crippen molar-refractivity contribution in [2.24, 2.45) is 5.10 Å². The van der Waals surface area contributed by atoms with Crippen molar-refractivity contribution in [2.45, 2.75) is 60.0 Å². The molecule has 30 heavy (non-hydrogen) atoms. The minimum Gasteiger partial charge on any atom is -0.460 e. The van der Waals surface area contributed by atoms with E-state index in [1.165, 1.54) is 11.1 Å². The van der Waals surface area contributed by atoms with E-state index in [4.69, 9.17) is 4.74 Å². The van der Waals surface area contributed by atoms with Gasteiger partial charge in [-0.1, -0.05) is 19.9 Å². The second kappa shape index (κ2) is 10.9. The maximum absolute atomic E-state index is 9.96. The minimum absolute atomic E-state index is 0.0789. The van der Waals surface area contributed by atoms with Crippen LogP contribution in [0.4, 0.5) is 11.6 Å². The van der Waals surface area contributed by atoms with Crippen molar-refractivity contribution in [3.63, 3.8) is 0 Å². The van der Waals surface area contributed by atoms with Gasteiger partial charge in [-0.2, -0.15) is 20.1 Å². The smallest absolute Gasteiger partial charge is 0.321 e. The Labute approximate surface area is 179 Å². The molecule has 0 spiro atoms. The van der Waals surface area contributed by atoms with Crippen LogP contribution in [0.15, 0.2) is 23.3 Å². The Balaban J connectivity index is 2.26. The summed E-state index contributed by atoms with van der Waals surface area (Å²) in [5.74, 6) is 0.936. The number of rotatable bonds is 11. The predicted octanol–water partition coefficient (Wildman–Crippen LogP) is 3.71. The first kappa shape index (κ1) is 23.5. The van der Waals surface area contributed by atoms with Gasteiger partial charge >= 0.3 is 6.01 Å². The predicted molar refractivity (Wildman–Crippen MR) is 122 cm³/mol. The number of ether oxygens (including phenoxy) is 1. The summed E-state index contributed by atoms with van der Waals surface area (Å²) in [4.78, 5) is 15.4. The third-order valence-corrected chi connectivity index (χ3v) is 4.33. The molecule has 0 atom stereocenters. The molecule has 2 N–H and O–H groups in total. The monoisotopic (exact) mass is 414 g/mol. The van der Waals surface area contributed by atoms with Gasteiger partial charge in [0.15, 0.2) is 5.82 Å². The molecule has 8 nitrogen and oxygen atoms in total. The number of aromatic nitrogens is 3. The van der Waals surface area contributed by atoms with Crippen molar-refractivity contribution in [3.05, 3.63) is 35.2 Å². The third kappa shape index (κ3) is 7.59. The number of nitrogens with one attached hydrogen (secondary N) is 1. The summed E-state index contributed by atoms with van der Waals surface area (Å²) in [7, 11) is 0. The van der Waals surface area contributed by atoms with E-state index in [2.05, 4.69) is 58.1 Å². The molecule has 2 aromatic rings. The number of hydrazone groups is 1. The van der Waals surface area contributed by atoms with E-state index in [-0.39, 0.29) is 12.6 Å². The summed E-state index contributed by atoms with van der Waals surface area (Å²) in [6.07, 6.45) is 3.50. The molecule has 1 aromatic heterocycles. The highest BCUT2D eigenvalue weighted by atomic mass is 16.5. The van der Waals surface area contributed by atoms with Crippen LogP contribution in [0.3, 0.4) is 0 Å². The maximum atomic E-state index is 9.96. The summed E-state index contributed by atoms with van der Waals surface area (Å²) < 4.78 is 5.63. The Morgan fingerprint density at radius 2 is 1.80 bits per heavy atom. The standard InChI is InChI=1S/C22H34N6O2/c1-7-11-28(12-8-2)20-24-19(25-21(26-20)30-15-22(5,6)29)14-23-27-18-10-9-16(3)17(4)13-18/h9-10,13-14,27,29H,7-8,11-12,15H2,1-6H3/b23-14+. The molecule has 0 fully saturated rings. The summed E-state index contributed by atoms with van der Waals surface area (Å²) in [5.41, 5.74) is 5.33. The van der Waals surface area contributed by atoms with Crippen LogP contribution in [0.5, 0.6) is 6.01 Å².